The molecule has 0 aliphatic carbocycles. The number of nitrogens with one attached hydrogen (secondary N) is 1. The SMILES string of the molecule is Cn1c(=O)c2cc(C(=O)NC[C@H]3CCOC3)cnc2n(C)c1=O. The molecule has 0 spiro atoms. The van der Waals surface area contributed by atoms with Crippen LogP contribution in [0.15, 0.2) is 21.9 Å². The fourth-order valence-corrected chi connectivity index (χ4v) is 2.67. The van der Waals surface area contributed by atoms with E-state index in [2.05, 4.69) is 10.3 Å². The summed E-state index contributed by atoms with van der Waals surface area (Å²) in [5.41, 5.74) is -0.353. The molecule has 1 fully saturated rings. The average Bonchev–Trinajstić information content (AvgIpc) is 3.08. The molecule has 122 valence electrons. The summed E-state index contributed by atoms with van der Waals surface area (Å²) < 4.78 is 7.55. The van der Waals surface area contributed by atoms with Crippen molar-refractivity contribution in [3.05, 3.63) is 38.7 Å². The van der Waals surface area contributed by atoms with Gasteiger partial charge in [-0.3, -0.25) is 18.7 Å². The van der Waals surface area contributed by atoms with Crippen LogP contribution < -0.4 is 16.6 Å². The van der Waals surface area contributed by atoms with Crippen LogP contribution in [0, 0.1) is 5.92 Å². The number of carbonyl (C=O) groups excluding carboxylic acids is 1. The van der Waals surface area contributed by atoms with Crippen LogP contribution in [-0.2, 0) is 18.8 Å². The van der Waals surface area contributed by atoms with Gasteiger partial charge in [-0.2, -0.15) is 0 Å². The van der Waals surface area contributed by atoms with Crippen molar-refractivity contribution in [2.24, 2.45) is 20.0 Å². The topological polar surface area (TPSA) is 95.2 Å². The molecule has 1 N–H and O–H groups in total. The molecule has 1 aliphatic heterocycles. The summed E-state index contributed by atoms with van der Waals surface area (Å²) in [5.74, 6) is 0.0308. The van der Waals surface area contributed by atoms with Crippen LogP contribution in [-0.4, -0.2) is 39.8 Å². The van der Waals surface area contributed by atoms with Gasteiger partial charge in [-0.1, -0.05) is 0 Å². The van der Waals surface area contributed by atoms with Gasteiger partial charge in [-0.05, 0) is 12.5 Å². The van der Waals surface area contributed by atoms with Gasteiger partial charge in [0.15, 0.2) is 0 Å². The van der Waals surface area contributed by atoms with Crippen LogP contribution >= 0.6 is 0 Å². The molecule has 8 heteroatoms. The molecule has 0 bridgehead atoms. The van der Waals surface area contributed by atoms with Crippen molar-refractivity contribution in [3.63, 3.8) is 0 Å². The van der Waals surface area contributed by atoms with Crippen LogP contribution in [0.3, 0.4) is 0 Å². The lowest BCUT2D eigenvalue weighted by Gasteiger charge is -2.10. The second kappa shape index (κ2) is 5.96. The van der Waals surface area contributed by atoms with Crippen molar-refractivity contribution >= 4 is 16.9 Å². The fraction of sp³-hybridized carbons (Fsp3) is 0.467. The van der Waals surface area contributed by atoms with Crippen molar-refractivity contribution in [1.82, 2.24) is 19.4 Å². The molecule has 0 aromatic carbocycles. The molecule has 0 saturated carbocycles. The summed E-state index contributed by atoms with van der Waals surface area (Å²) in [4.78, 5) is 40.4. The predicted molar refractivity (Wildman–Crippen MR) is 83.5 cm³/mol. The second-order valence-electron chi connectivity index (χ2n) is 5.74. The fourth-order valence-electron chi connectivity index (χ4n) is 2.67. The molecular weight excluding hydrogens is 300 g/mol. The van der Waals surface area contributed by atoms with Crippen molar-refractivity contribution in [1.29, 1.82) is 0 Å². The first kappa shape index (κ1) is 15.4. The Hall–Kier alpha value is -2.48. The Morgan fingerprint density at radius 1 is 1.39 bits per heavy atom. The van der Waals surface area contributed by atoms with E-state index in [1.165, 1.54) is 30.9 Å². The van der Waals surface area contributed by atoms with Crippen LogP contribution in [0.4, 0.5) is 0 Å². The van der Waals surface area contributed by atoms with Crippen LogP contribution in [0.1, 0.15) is 16.8 Å². The quantitative estimate of drug-likeness (QED) is 0.815. The molecule has 8 nitrogen and oxygen atoms in total. The van der Waals surface area contributed by atoms with E-state index in [0.29, 0.717) is 24.6 Å². The zero-order valence-electron chi connectivity index (χ0n) is 13.0. The summed E-state index contributed by atoms with van der Waals surface area (Å²) in [6.45, 7) is 1.91. The van der Waals surface area contributed by atoms with Gasteiger partial charge >= 0.3 is 5.69 Å². The number of amides is 1. The number of nitrogens with zero attached hydrogens (tertiary/aromatic N) is 3. The zero-order valence-corrected chi connectivity index (χ0v) is 13.0. The highest BCUT2D eigenvalue weighted by Crippen LogP contribution is 2.11. The first-order chi connectivity index (χ1) is 11.0. The maximum atomic E-state index is 12.2. The molecule has 2 aromatic heterocycles. The molecule has 0 unspecified atom stereocenters. The van der Waals surface area contributed by atoms with Gasteiger partial charge in [-0.25, -0.2) is 9.78 Å². The molecule has 23 heavy (non-hydrogen) atoms. The molecule has 1 amide bonds. The van der Waals surface area contributed by atoms with E-state index in [-0.39, 0.29) is 16.9 Å². The van der Waals surface area contributed by atoms with E-state index in [1.807, 2.05) is 0 Å². The monoisotopic (exact) mass is 318 g/mol. The van der Waals surface area contributed by atoms with Gasteiger partial charge in [0.1, 0.15) is 5.65 Å². The Morgan fingerprint density at radius 3 is 2.87 bits per heavy atom. The number of pyridine rings is 1. The van der Waals surface area contributed by atoms with Crippen molar-refractivity contribution in [2.75, 3.05) is 19.8 Å². The van der Waals surface area contributed by atoms with E-state index < -0.39 is 11.2 Å². The number of rotatable bonds is 3. The maximum absolute atomic E-state index is 12.2. The summed E-state index contributed by atoms with van der Waals surface area (Å²) in [7, 11) is 2.94. The van der Waals surface area contributed by atoms with Gasteiger partial charge < -0.3 is 10.1 Å². The molecule has 3 rings (SSSR count). The molecule has 2 aromatic rings. The standard InChI is InChI=1S/C15H18N4O4/c1-18-12-11(14(21)19(2)15(18)22)5-10(7-16-12)13(20)17-6-9-3-4-23-8-9/h5,7,9H,3-4,6,8H2,1-2H3,(H,17,20)/t9-/m1/s1. The minimum Gasteiger partial charge on any atom is -0.381 e. The lowest BCUT2D eigenvalue weighted by atomic mass is 10.1. The van der Waals surface area contributed by atoms with Crippen LogP contribution in [0.2, 0.25) is 0 Å². The minimum atomic E-state index is -0.463. The molecule has 0 radical (unpaired) electrons. The lowest BCUT2D eigenvalue weighted by molar-refractivity contribution is 0.0945. The Kier molecular flexibility index (Phi) is 3.99. The van der Waals surface area contributed by atoms with E-state index >= 15 is 0 Å². The van der Waals surface area contributed by atoms with E-state index in [4.69, 9.17) is 4.74 Å². The van der Waals surface area contributed by atoms with Gasteiger partial charge in [0.2, 0.25) is 0 Å². The Balaban J connectivity index is 1.92. The number of hydrogen-bond acceptors (Lipinski definition) is 5. The largest absolute Gasteiger partial charge is 0.381 e. The molecule has 1 atom stereocenters. The van der Waals surface area contributed by atoms with Crippen LogP contribution in [0.25, 0.3) is 11.0 Å². The maximum Gasteiger partial charge on any atom is 0.332 e. The Labute approximate surface area is 131 Å². The number of aromatic nitrogens is 3. The van der Waals surface area contributed by atoms with Gasteiger partial charge in [0.25, 0.3) is 11.5 Å². The van der Waals surface area contributed by atoms with E-state index in [9.17, 15) is 14.4 Å². The Bertz CT molecular complexity index is 877. The molecule has 1 aliphatic rings. The average molecular weight is 318 g/mol. The van der Waals surface area contributed by atoms with Crippen molar-refractivity contribution in [3.8, 4) is 0 Å². The number of fused-ring (bicyclic) bond motifs is 1. The van der Waals surface area contributed by atoms with Crippen molar-refractivity contribution in [2.45, 2.75) is 6.42 Å². The number of aryl methyl sites for hydroxylation is 1. The molecular formula is C15H18N4O4. The zero-order chi connectivity index (χ0) is 16.6. The van der Waals surface area contributed by atoms with Gasteiger partial charge in [-0.15, -0.1) is 0 Å². The third kappa shape index (κ3) is 2.77. The highest BCUT2D eigenvalue weighted by Gasteiger charge is 2.18. The lowest BCUT2D eigenvalue weighted by Crippen LogP contribution is -2.37. The third-order valence-corrected chi connectivity index (χ3v) is 4.13. The van der Waals surface area contributed by atoms with Gasteiger partial charge in [0, 0.05) is 39.4 Å². The summed E-state index contributed by atoms with van der Waals surface area (Å²) in [6.07, 6.45) is 2.31. The second-order valence-corrected chi connectivity index (χ2v) is 5.74. The summed E-state index contributed by atoms with van der Waals surface area (Å²) in [5, 5.41) is 3.07. The number of carbonyl (C=O) groups is 1. The normalized spacial score (nSPS) is 17.6. The third-order valence-electron chi connectivity index (χ3n) is 4.13. The molecule has 1 saturated heterocycles. The Morgan fingerprint density at radius 2 is 2.17 bits per heavy atom. The van der Waals surface area contributed by atoms with Gasteiger partial charge in [0.05, 0.1) is 17.6 Å². The van der Waals surface area contributed by atoms with E-state index in [0.717, 1.165) is 17.6 Å². The highest BCUT2D eigenvalue weighted by atomic mass is 16.5. The minimum absolute atomic E-state index is 0.242. The number of hydrogen-bond donors (Lipinski definition) is 1. The predicted octanol–water partition coefficient (Wildman–Crippen LogP) is -0.601. The first-order valence-corrected chi connectivity index (χ1v) is 7.40. The first-order valence-electron chi connectivity index (χ1n) is 7.40. The summed E-state index contributed by atoms with van der Waals surface area (Å²) in [6, 6.07) is 1.48. The van der Waals surface area contributed by atoms with E-state index in [1.54, 1.807) is 0 Å². The molecule has 3 heterocycles. The van der Waals surface area contributed by atoms with Crippen molar-refractivity contribution < 1.29 is 9.53 Å². The smallest absolute Gasteiger partial charge is 0.332 e. The van der Waals surface area contributed by atoms with Crippen LogP contribution in [0.5, 0.6) is 0 Å². The number of ether oxygens (including phenoxy) is 1. The highest BCUT2D eigenvalue weighted by molar-refractivity contribution is 5.96. The summed E-state index contributed by atoms with van der Waals surface area (Å²) >= 11 is 0.